The van der Waals surface area contributed by atoms with Gasteiger partial charge in [-0.15, -0.1) is 0 Å². The summed E-state index contributed by atoms with van der Waals surface area (Å²) in [5, 5.41) is 19.0. The molecular weight excluding hydrogens is 332 g/mol. The number of carboxylic acid groups (broad SMARTS) is 1. The SMILES string of the molecule is CC(C)(C(=O)O)C(CCCO)c1ccccc1O[Si](C)(C)C(C)(C)C. The van der Waals surface area contributed by atoms with E-state index < -0.39 is 19.7 Å². The molecule has 0 aliphatic rings. The highest BCUT2D eigenvalue weighted by Gasteiger charge is 2.42. The van der Waals surface area contributed by atoms with Crippen LogP contribution in [0.2, 0.25) is 18.1 Å². The molecule has 0 heterocycles. The van der Waals surface area contributed by atoms with Gasteiger partial charge in [-0.3, -0.25) is 4.79 Å². The summed E-state index contributed by atoms with van der Waals surface area (Å²) in [6.45, 7) is 14.5. The molecule has 4 nitrogen and oxygen atoms in total. The van der Waals surface area contributed by atoms with Crippen molar-refractivity contribution in [1.29, 1.82) is 0 Å². The standard InChI is InChI=1S/C20H34O4Si/c1-19(2,3)25(6,7)24-17-13-9-8-11-15(17)16(12-10-14-21)20(4,5)18(22)23/h8-9,11,13,16,21H,10,12,14H2,1-7H3,(H,22,23). The van der Waals surface area contributed by atoms with Gasteiger partial charge in [-0.25, -0.2) is 0 Å². The van der Waals surface area contributed by atoms with Crippen LogP contribution in [-0.4, -0.2) is 31.1 Å². The van der Waals surface area contributed by atoms with Crippen molar-refractivity contribution >= 4 is 14.3 Å². The number of hydrogen-bond acceptors (Lipinski definition) is 3. The first-order chi connectivity index (χ1) is 11.3. The maximum Gasteiger partial charge on any atom is 0.309 e. The molecule has 0 spiro atoms. The summed E-state index contributed by atoms with van der Waals surface area (Å²) in [6.07, 6.45) is 1.17. The van der Waals surface area contributed by atoms with E-state index in [1.165, 1.54) is 0 Å². The minimum atomic E-state index is -2.04. The van der Waals surface area contributed by atoms with E-state index in [9.17, 15) is 15.0 Å². The first-order valence-corrected chi connectivity index (χ1v) is 11.9. The zero-order valence-corrected chi connectivity index (χ0v) is 17.7. The van der Waals surface area contributed by atoms with Crippen LogP contribution in [0.15, 0.2) is 24.3 Å². The van der Waals surface area contributed by atoms with Crippen molar-refractivity contribution < 1.29 is 19.4 Å². The number of para-hydroxylation sites is 1. The van der Waals surface area contributed by atoms with Crippen molar-refractivity contribution in [2.24, 2.45) is 5.41 Å². The number of rotatable bonds is 8. The van der Waals surface area contributed by atoms with Crippen LogP contribution in [0.4, 0.5) is 0 Å². The van der Waals surface area contributed by atoms with Gasteiger partial charge in [0.05, 0.1) is 5.41 Å². The number of hydrogen-bond donors (Lipinski definition) is 2. The Hall–Kier alpha value is -1.33. The van der Waals surface area contributed by atoms with Gasteiger partial charge < -0.3 is 14.6 Å². The minimum absolute atomic E-state index is 0.0530. The highest BCUT2D eigenvalue weighted by molar-refractivity contribution is 6.74. The molecule has 1 atom stereocenters. The lowest BCUT2D eigenvalue weighted by Crippen LogP contribution is -2.44. The fraction of sp³-hybridized carbons (Fsp3) is 0.650. The highest BCUT2D eigenvalue weighted by atomic mass is 28.4. The van der Waals surface area contributed by atoms with Crippen LogP contribution in [0, 0.1) is 5.41 Å². The monoisotopic (exact) mass is 366 g/mol. The summed E-state index contributed by atoms with van der Waals surface area (Å²) in [6, 6.07) is 7.77. The van der Waals surface area contributed by atoms with Crippen LogP contribution in [0.5, 0.6) is 5.75 Å². The van der Waals surface area contributed by atoms with E-state index >= 15 is 0 Å². The lowest BCUT2D eigenvalue weighted by atomic mass is 9.72. The summed E-state index contributed by atoms with van der Waals surface area (Å²) >= 11 is 0. The molecule has 1 rings (SSSR count). The zero-order valence-electron chi connectivity index (χ0n) is 16.7. The predicted molar refractivity (Wildman–Crippen MR) is 105 cm³/mol. The molecule has 1 aromatic rings. The fourth-order valence-corrected chi connectivity index (χ4v) is 3.68. The Balaban J connectivity index is 3.36. The van der Waals surface area contributed by atoms with Crippen molar-refractivity contribution in [2.45, 2.75) is 71.5 Å². The average molecular weight is 367 g/mol. The Morgan fingerprint density at radius 2 is 1.72 bits per heavy atom. The maximum absolute atomic E-state index is 11.9. The van der Waals surface area contributed by atoms with Crippen LogP contribution in [0.1, 0.15) is 58.9 Å². The van der Waals surface area contributed by atoms with Gasteiger partial charge >= 0.3 is 5.97 Å². The molecule has 25 heavy (non-hydrogen) atoms. The number of aliphatic hydroxyl groups is 1. The van der Waals surface area contributed by atoms with Gasteiger partial charge in [0.25, 0.3) is 0 Å². The summed E-state index contributed by atoms with van der Waals surface area (Å²) in [4.78, 5) is 11.9. The quantitative estimate of drug-likeness (QED) is 0.633. The third-order valence-corrected chi connectivity index (χ3v) is 9.88. The lowest BCUT2D eigenvalue weighted by Gasteiger charge is -2.39. The smallest absolute Gasteiger partial charge is 0.309 e. The topological polar surface area (TPSA) is 66.8 Å². The maximum atomic E-state index is 11.9. The molecule has 0 aliphatic heterocycles. The van der Waals surface area contributed by atoms with E-state index in [2.05, 4.69) is 33.9 Å². The van der Waals surface area contributed by atoms with Gasteiger partial charge in [-0.2, -0.15) is 0 Å². The van der Waals surface area contributed by atoms with Gasteiger partial charge in [0.2, 0.25) is 8.32 Å². The van der Waals surface area contributed by atoms with E-state index in [1.807, 2.05) is 24.3 Å². The molecule has 0 saturated carbocycles. The van der Waals surface area contributed by atoms with E-state index in [0.717, 1.165) is 11.3 Å². The number of benzene rings is 1. The molecule has 142 valence electrons. The fourth-order valence-electron chi connectivity index (χ4n) is 2.64. The molecule has 0 amide bonds. The van der Waals surface area contributed by atoms with Crippen LogP contribution in [0.3, 0.4) is 0 Å². The van der Waals surface area contributed by atoms with Gasteiger partial charge in [0.1, 0.15) is 5.75 Å². The molecule has 0 aromatic heterocycles. The minimum Gasteiger partial charge on any atom is -0.543 e. The second-order valence-corrected chi connectivity index (χ2v) is 13.6. The van der Waals surface area contributed by atoms with Crippen molar-refractivity contribution in [2.75, 3.05) is 6.61 Å². The number of carboxylic acids is 1. The molecule has 2 N–H and O–H groups in total. The predicted octanol–water partition coefficient (Wildman–Crippen LogP) is 5.04. The number of carbonyl (C=O) groups is 1. The average Bonchev–Trinajstić information content (AvgIpc) is 2.47. The lowest BCUT2D eigenvalue weighted by molar-refractivity contribution is -0.148. The van der Waals surface area contributed by atoms with Gasteiger partial charge in [0.15, 0.2) is 0 Å². The number of aliphatic hydroxyl groups excluding tert-OH is 1. The Morgan fingerprint density at radius 3 is 2.20 bits per heavy atom. The molecule has 0 aliphatic carbocycles. The van der Waals surface area contributed by atoms with Crippen molar-refractivity contribution in [3.63, 3.8) is 0 Å². The molecular formula is C20H34O4Si. The molecule has 1 aromatic carbocycles. The van der Waals surface area contributed by atoms with Crippen LogP contribution >= 0.6 is 0 Å². The molecule has 0 bridgehead atoms. The Morgan fingerprint density at radius 1 is 1.16 bits per heavy atom. The van der Waals surface area contributed by atoms with E-state index in [1.54, 1.807) is 13.8 Å². The molecule has 0 fully saturated rings. The summed E-state index contributed by atoms with van der Waals surface area (Å²) < 4.78 is 6.52. The second kappa shape index (κ2) is 7.91. The van der Waals surface area contributed by atoms with Crippen molar-refractivity contribution in [3.8, 4) is 5.75 Å². The highest BCUT2D eigenvalue weighted by Crippen LogP contribution is 2.45. The molecule has 0 radical (unpaired) electrons. The van der Waals surface area contributed by atoms with Crippen molar-refractivity contribution in [1.82, 2.24) is 0 Å². The molecule has 1 unspecified atom stereocenters. The largest absolute Gasteiger partial charge is 0.543 e. The second-order valence-electron chi connectivity index (χ2n) is 8.85. The van der Waals surface area contributed by atoms with Gasteiger partial charge in [0, 0.05) is 12.5 Å². The van der Waals surface area contributed by atoms with Crippen LogP contribution in [-0.2, 0) is 4.79 Å². The summed E-state index contributed by atoms with van der Waals surface area (Å²) in [5.41, 5.74) is -0.0182. The van der Waals surface area contributed by atoms with Crippen molar-refractivity contribution in [3.05, 3.63) is 29.8 Å². The molecule has 0 saturated heterocycles. The van der Waals surface area contributed by atoms with Gasteiger partial charge in [-0.05, 0) is 56.5 Å². The third-order valence-electron chi connectivity index (χ3n) is 5.54. The summed E-state index contributed by atoms with van der Waals surface area (Å²) in [5.74, 6) is -0.276. The Labute approximate surface area is 153 Å². The number of aliphatic carboxylic acids is 1. The zero-order chi connectivity index (χ0) is 19.5. The van der Waals surface area contributed by atoms with E-state index in [-0.39, 0.29) is 17.6 Å². The van der Waals surface area contributed by atoms with E-state index in [4.69, 9.17) is 4.43 Å². The first-order valence-electron chi connectivity index (χ1n) is 8.97. The molecule has 5 heteroatoms. The third kappa shape index (κ3) is 5.08. The Bertz CT molecular complexity index is 588. The van der Waals surface area contributed by atoms with Gasteiger partial charge in [-0.1, -0.05) is 39.0 Å². The van der Waals surface area contributed by atoms with Crippen LogP contribution < -0.4 is 4.43 Å². The normalized spacial score (nSPS) is 14.2. The van der Waals surface area contributed by atoms with Crippen LogP contribution in [0.25, 0.3) is 0 Å². The van der Waals surface area contributed by atoms with E-state index in [0.29, 0.717) is 12.8 Å². The first kappa shape index (κ1) is 21.7. The Kier molecular flexibility index (Phi) is 6.87. The summed E-state index contributed by atoms with van der Waals surface area (Å²) in [7, 11) is -2.04.